The Morgan fingerprint density at radius 3 is 2.80 bits per heavy atom. The van der Waals surface area contributed by atoms with Crippen molar-refractivity contribution in [3.05, 3.63) is 41.0 Å². The molecule has 0 bridgehead atoms. The van der Waals surface area contributed by atoms with E-state index in [4.69, 9.17) is 16.7 Å². The summed E-state index contributed by atoms with van der Waals surface area (Å²) in [6, 6.07) is 8.45. The van der Waals surface area contributed by atoms with Crippen LogP contribution in [0, 0.1) is 0 Å². The summed E-state index contributed by atoms with van der Waals surface area (Å²) in [7, 11) is 0. The first kappa shape index (κ1) is 14.4. The predicted molar refractivity (Wildman–Crippen MR) is 76.4 cm³/mol. The summed E-state index contributed by atoms with van der Waals surface area (Å²) >= 11 is 7.26. The molecule has 1 heterocycles. The summed E-state index contributed by atoms with van der Waals surface area (Å²) < 4.78 is 0. The Morgan fingerprint density at radius 2 is 2.15 bits per heavy atom. The molecule has 8 heteroatoms. The van der Waals surface area contributed by atoms with Gasteiger partial charge in [-0.2, -0.15) is 5.10 Å². The maximum Gasteiger partial charge on any atom is 0.353 e. The maximum atomic E-state index is 11.7. The topological polar surface area (TPSA) is 95.1 Å². The first-order valence-electron chi connectivity index (χ1n) is 5.52. The number of aromatic nitrogens is 2. The number of carboxylic acid groups (broad SMARTS) is 1. The number of benzene rings is 1. The molecule has 2 aromatic rings. The fourth-order valence-corrected chi connectivity index (χ4v) is 2.42. The number of aromatic carboxylic acids is 1. The second kappa shape index (κ2) is 6.44. The molecule has 104 valence electrons. The highest BCUT2D eigenvalue weighted by Gasteiger charge is 2.10. The standard InChI is InChI=1S/C12H10ClN3O3S/c13-7-3-1-2-4-9(7)20-6-11(17)14-10-5-8(12(18)19)15-16-10/h1-5H,6H2,(H,18,19)(H2,14,15,16,17). The van der Waals surface area contributed by atoms with Gasteiger partial charge in [0.25, 0.3) is 0 Å². The number of carboxylic acids is 1. The fourth-order valence-electron chi connectivity index (χ4n) is 1.38. The van der Waals surface area contributed by atoms with E-state index in [-0.39, 0.29) is 23.2 Å². The van der Waals surface area contributed by atoms with E-state index in [1.54, 1.807) is 6.07 Å². The predicted octanol–water partition coefficient (Wildman–Crippen LogP) is 2.49. The van der Waals surface area contributed by atoms with E-state index < -0.39 is 5.97 Å². The normalized spacial score (nSPS) is 10.2. The van der Waals surface area contributed by atoms with Crippen molar-refractivity contribution in [2.45, 2.75) is 4.90 Å². The summed E-state index contributed by atoms with van der Waals surface area (Å²) in [5.41, 5.74) is -0.0842. The number of hydrogen-bond donors (Lipinski definition) is 3. The van der Waals surface area contributed by atoms with Crippen molar-refractivity contribution in [2.75, 3.05) is 11.1 Å². The lowest BCUT2D eigenvalue weighted by Gasteiger charge is -2.03. The Hall–Kier alpha value is -1.99. The zero-order valence-electron chi connectivity index (χ0n) is 10.1. The van der Waals surface area contributed by atoms with Crippen LogP contribution in [-0.2, 0) is 4.79 Å². The van der Waals surface area contributed by atoms with Crippen LogP contribution in [0.4, 0.5) is 5.82 Å². The lowest BCUT2D eigenvalue weighted by Crippen LogP contribution is -2.14. The Kier molecular flexibility index (Phi) is 4.65. The smallest absolute Gasteiger partial charge is 0.353 e. The summed E-state index contributed by atoms with van der Waals surface area (Å²) in [6.45, 7) is 0. The van der Waals surface area contributed by atoms with E-state index in [1.807, 2.05) is 18.2 Å². The molecule has 20 heavy (non-hydrogen) atoms. The third kappa shape index (κ3) is 3.75. The lowest BCUT2D eigenvalue weighted by atomic mass is 10.4. The average molecular weight is 312 g/mol. The van der Waals surface area contributed by atoms with Crippen LogP contribution in [0.2, 0.25) is 5.02 Å². The van der Waals surface area contributed by atoms with Gasteiger partial charge in [-0.15, -0.1) is 11.8 Å². The monoisotopic (exact) mass is 311 g/mol. The third-order valence-corrected chi connectivity index (χ3v) is 3.79. The fraction of sp³-hybridized carbons (Fsp3) is 0.0833. The number of carbonyl (C=O) groups is 2. The van der Waals surface area contributed by atoms with Gasteiger partial charge in [-0.25, -0.2) is 4.79 Å². The van der Waals surface area contributed by atoms with Gasteiger partial charge in [0.2, 0.25) is 5.91 Å². The first-order chi connectivity index (χ1) is 9.56. The SMILES string of the molecule is O=C(CSc1ccccc1Cl)Nc1cc(C(=O)O)[nH]n1. The molecule has 0 saturated carbocycles. The van der Waals surface area contributed by atoms with Crippen LogP contribution in [0.25, 0.3) is 0 Å². The van der Waals surface area contributed by atoms with Gasteiger partial charge in [-0.3, -0.25) is 9.89 Å². The van der Waals surface area contributed by atoms with Crippen LogP contribution >= 0.6 is 23.4 Å². The number of amides is 1. The van der Waals surface area contributed by atoms with Crippen LogP contribution in [0.1, 0.15) is 10.5 Å². The van der Waals surface area contributed by atoms with E-state index in [2.05, 4.69) is 15.5 Å². The van der Waals surface area contributed by atoms with E-state index in [0.717, 1.165) is 4.90 Å². The van der Waals surface area contributed by atoms with E-state index in [1.165, 1.54) is 17.8 Å². The summed E-state index contributed by atoms with van der Waals surface area (Å²) in [5.74, 6) is -1.10. The Bertz CT molecular complexity index is 644. The van der Waals surface area contributed by atoms with Crippen LogP contribution in [-0.4, -0.2) is 32.9 Å². The molecule has 0 spiro atoms. The molecule has 0 aliphatic rings. The van der Waals surface area contributed by atoms with Gasteiger partial charge in [0, 0.05) is 11.0 Å². The van der Waals surface area contributed by atoms with Gasteiger partial charge in [-0.1, -0.05) is 23.7 Å². The van der Waals surface area contributed by atoms with Gasteiger partial charge in [0.15, 0.2) is 5.82 Å². The highest BCUT2D eigenvalue weighted by Crippen LogP contribution is 2.26. The average Bonchev–Trinajstić information content (AvgIpc) is 2.86. The lowest BCUT2D eigenvalue weighted by molar-refractivity contribution is -0.113. The van der Waals surface area contributed by atoms with Gasteiger partial charge >= 0.3 is 5.97 Å². The van der Waals surface area contributed by atoms with E-state index in [0.29, 0.717) is 5.02 Å². The third-order valence-electron chi connectivity index (χ3n) is 2.27. The number of carbonyl (C=O) groups excluding carboxylic acids is 1. The van der Waals surface area contributed by atoms with Crippen molar-refractivity contribution in [1.82, 2.24) is 10.2 Å². The van der Waals surface area contributed by atoms with Crippen LogP contribution in [0.5, 0.6) is 0 Å². The van der Waals surface area contributed by atoms with Crippen molar-refractivity contribution in [1.29, 1.82) is 0 Å². The largest absolute Gasteiger partial charge is 0.477 e. The van der Waals surface area contributed by atoms with Crippen LogP contribution in [0.15, 0.2) is 35.2 Å². The second-order valence-corrected chi connectivity index (χ2v) is 5.16. The number of hydrogen-bond acceptors (Lipinski definition) is 4. The molecule has 3 N–H and O–H groups in total. The number of thioether (sulfide) groups is 1. The second-order valence-electron chi connectivity index (χ2n) is 3.74. The Morgan fingerprint density at radius 1 is 1.40 bits per heavy atom. The minimum absolute atomic E-state index is 0.0842. The van der Waals surface area contributed by atoms with E-state index >= 15 is 0 Å². The number of nitrogens with zero attached hydrogens (tertiary/aromatic N) is 1. The quantitative estimate of drug-likeness (QED) is 0.737. The number of H-pyrrole nitrogens is 1. The highest BCUT2D eigenvalue weighted by atomic mass is 35.5. The molecule has 0 aliphatic heterocycles. The van der Waals surface area contributed by atoms with Crippen molar-refractivity contribution >= 4 is 41.1 Å². The molecule has 6 nitrogen and oxygen atoms in total. The van der Waals surface area contributed by atoms with Crippen molar-refractivity contribution < 1.29 is 14.7 Å². The van der Waals surface area contributed by atoms with Crippen molar-refractivity contribution in [2.24, 2.45) is 0 Å². The molecule has 2 rings (SSSR count). The van der Waals surface area contributed by atoms with Gasteiger partial charge in [-0.05, 0) is 12.1 Å². The number of rotatable bonds is 5. The van der Waals surface area contributed by atoms with Crippen LogP contribution in [0.3, 0.4) is 0 Å². The number of anilines is 1. The zero-order chi connectivity index (χ0) is 14.5. The highest BCUT2D eigenvalue weighted by molar-refractivity contribution is 8.00. The molecular formula is C12H10ClN3O3S. The van der Waals surface area contributed by atoms with E-state index in [9.17, 15) is 9.59 Å². The summed E-state index contributed by atoms with van der Waals surface area (Å²) in [5, 5.41) is 17.8. The minimum Gasteiger partial charge on any atom is -0.477 e. The molecule has 1 aromatic carbocycles. The summed E-state index contributed by atoms with van der Waals surface area (Å²) in [4.78, 5) is 23.1. The molecule has 0 saturated heterocycles. The molecular weight excluding hydrogens is 302 g/mol. The molecule has 0 atom stereocenters. The Labute approximate surface area is 123 Å². The summed E-state index contributed by atoms with van der Waals surface area (Å²) in [6.07, 6.45) is 0. The molecule has 0 fully saturated rings. The van der Waals surface area contributed by atoms with Gasteiger partial charge < -0.3 is 10.4 Å². The van der Waals surface area contributed by atoms with Gasteiger partial charge in [0.05, 0.1) is 10.8 Å². The molecule has 0 radical (unpaired) electrons. The number of halogens is 1. The van der Waals surface area contributed by atoms with Gasteiger partial charge in [0.1, 0.15) is 5.69 Å². The molecule has 0 unspecified atom stereocenters. The van der Waals surface area contributed by atoms with Crippen molar-refractivity contribution in [3.8, 4) is 0 Å². The molecule has 1 amide bonds. The first-order valence-corrected chi connectivity index (χ1v) is 6.88. The molecule has 1 aromatic heterocycles. The molecule has 0 aliphatic carbocycles. The number of aromatic amines is 1. The Balaban J connectivity index is 1.89. The van der Waals surface area contributed by atoms with Crippen LogP contribution < -0.4 is 5.32 Å². The number of nitrogens with one attached hydrogen (secondary N) is 2. The van der Waals surface area contributed by atoms with Crippen molar-refractivity contribution in [3.63, 3.8) is 0 Å². The minimum atomic E-state index is -1.14. The zero-order valence-corrected chi connectivity index (χ0v) is 11.7. The maximum absolute atomic E-state index is 11.7.